The molecule has 3 fully saturated rings. The number of rotatable bonds is 4. The maximum atomic E-state index is 9.88. The van der Waals surface area contributed by atoms with Crippen LogP contribution in [0.25, 0.3) is 0 Å². The lowest BCUT2D eigenvalue weighted by Gasteiger charge is -2.33. The Bertz CT molecular complexity index is 361. The van der Waals surface area contributed by atoms with E-state index in [4.69, 9.17) is 0 Å². The SMILES string of the molecule is CN=C(NCC1CCCC1O)NC1CCN(C2CC2)CC1. The summed E-state index contributed by atoms with van der Waals surface area (Å²) in [7, 11) is 1.83. The van der Waals surface area contributed by atoms with Gasteiger partial charge in [-0.1, -0.05) is 6.42 Å². The number of hydrogen-bond donors (Lipinski definition) is 3. The monoisotopic (exact) mass is 294 g/mol. The summed E-state index contributed by atoms with van der Waals surface area (Å²) in [5.41, 5.74) is 0. The molecule has 2 atom stereocenters. The second kappa shape index (κ2) is 6.97. The second-order valence-electron chi connectivity index (χ2n) is 6.90. The van der Waals surface area contributed by atoms with Crippen LogP contribution < -0.4 is 10.6 Å². The lowest BCUT2D eigenvalue weighted by atomic mass is 10.0. The number of aliphatic hydroxyl groups excluding tert-OH is 1. The van der Waals surface area contributed by atoms with Crippen molar-refractivity contribution in [3.05, 3.63) is 0 Å². The van der Waals surface area contributed by atoms with Gasteiger partial charge in [-0.05, 0) is 38.5 Å². The van der Waals surface area contributed by atoms with Crippen LogP contribution in [0.1, 0.15) is 44.9 Å². The summed E-state index contributed by atoms with van der Waals surface area (Å²) in [5, 5.41) is 16.8. The summed E-state index contributed by atoms with van der Waals surface area (Å²) < 4.78 is 0. The molecule has 5 heteroatoms. The molecule has 21 heavy (non-hydrogen) atoms. The van der Waals surface area contributed by atoms with Crippen molar-refractivity contribution in [2.75, 3.05) is 26.7 Å². The van der Waals surface area contributed by atoms with Crippen LogP contribution in [-0.2, 0) is 0 Å². The average Bonchev–Trinajstić information content (AvgIpc) is 3.27. The Labute approximate surface area is 128 Å². The number of aliphatic hydroxyl groups is 1. The summed E-state index contributed by atoms with van der Waals surface area (Å²) in [4.78, 5) is 6.98. The Balaban J connectivity index is 1.38. The topological polar surface area (TPSA) is 59.9 Å². The van der Waals surface area contributed by atoms with E-state index in [1.165, 1.54) is 38.8 Å². The Hall–Kier alpha value is -0.810. The number of piperidine rings is 1. The van der Waals surface area contributed by atoms with E-state index in [9.17, 15) is 5.11 Å². The lowest BCUT2D eigenvalue weighted by molar-refractivity contribution is 0.134. The molecule has 0 aromatic carbocycles. The van der Waals surface area contributed by atoms with Gasteiger partial charge in [-0.15, -0.1) is 0 Å². The molecule has 1 aliphatic heterocycles. The first-order valence-corrected chi connectivity index (χ1v) is 8.65. The molecule has 0 aromatic rings. The van der Waals surface area contributed by atoms with Gasteiger partial charge >= 0.3 is 0 Å². The molecule has 0 aromatic heterocycles. The molecule has 3 rings (SSSR count). The van der Waals surface area contributed by atoms with Crippen LogP contribution >= 0.6 is 0 Å². The fourth-order valence-corrected chi connectivity index (χ4v) is 3.72. The predicted molar refractivity (Wildman–Crippen MR) is 85.5 cm³/mol. The van der Waals surface area contributed by atoms with E-state index in [-0.39, 0.29) is 6.10 Å². The van der Waals surface area contributed by atoms with Crippen LogP contribution in [0.2, 0.25) is 0 Å². The van der Waals surface area contributed by atoms with Gasteiger partial charge in [0.1, 0.15) is 0 Å². The van der Waals surface area contributed by atoms with Crippen LogP contribution in [0.5, 0.6) is 0 Å². The number of nitrogens with one attached hydrogen (secondary N) is 2. The van der Waals surface area contributed by atoms with E-state index < -0.39 is 0 Å². The predicted octanol–water partition coefficient (Wildman–Crippen LogP) is 0.939. The summed E-state index contributed by atoms with van der Waals surface area (Å²) in [5.74, 6) is 1.29. The van der Waals surface area contributed by atoms with Crippen LogP contribution in [0.3, 0.4) is 0 Å². The smallest absolute Gasteiger partial charge is 0.191 e. The Morgan fingerprint density at radius 3 is 2.48 bits per heavy atom. The third-order valence-electron chi connectivity index (χ3n) is 5.31. The molecular formula is C16H30N4O. The van der Waals surface area contributed by atoms with Gasteiger partial charge in [-0.25, -0.2) is 0 Å². The van der Waals surface area contributed by atoms with Gasteiger partial charge in [0, 0.05) is 44.7 Å². The molecule has 5 nitrogen and oxygen atoms in total. The molecule has 0 spiro atoms. The van der Waals surface area contributed by atoms with E-state index in [0.29, 0.717) is 12.0 Å². The molecule has 0 bridgehead atoms. The van der Waals surface area contributed by atoms with Crippen LogP contribution in [0, 0.1) is 5.92 Å². The van der Waals surface area contributed by atoms with Crippen LogP contribution in [0.15, 0.2) is 4.99 Å². The average molecular weight is 294 g/mol. The van der Waals surface area contributed by atoms with E-state index in [1.807, 2.05) is 7.05 Å². The third-order valence-corrected chi connectivity index (χ3v) is 5.31. The van der Waals surface area contributed by atoms with Crippen LogP contribution in [-0.4, -0.2) is 60.8 Å². The van der Waals surface area contributed by atoms with Gasteiger partial charge < -0.3 is 20.6 Å². The number of hydrogen-bond acceptors (Lipinski definition) is 3. The van der Waals surface area contributed by atoms with Crippen molar-refractivity contribution in [1.82, 2.24) is 15.5 Å². The number of guanidine groups is 1. The minimum absolute atomic E-state index is 0.127. The largest absolute Gasteiger partial charge is 0.393 e. The first-order chi connectivity index (χ1) is 10.3. The van der Waals surface area contributed by atoms with Crippen molar-refractivity contribution in [1.29, 1.82) is 0 Å². The van der Waals surface area contributed by atoms with Gasteiger partial charge in [0.2, 0.25) is 0 Å². The maximum absolute atomic E-state index is 9.88. The quantitative estimate of drug-likeness (QED) is 0.533. The first-order valence-electron chi connectivity index (χ1n) is 8.65. The van der Waals surface area contributed by atoms with Crippen molar-refractivity contribution in [3.8, 4) is 0 Å². The highest BCUT2D eigenvalue weighted by Crippen LogP contribution is 2.29. The normalized spacial score (nSPS) is 32.4. The fourth-order valence-electron chi connectivity index (χ4n) is 3.72. The molecule has 2 aliphatic carbocycles. The molecule has 0 amide bonds. The molecular weight excluding hydrogens is 264 g/mol. The fraction of sp³-hybridized carbons (Fsp3) is 0.938. The highest BCUT2D eigenvalue weighted by Gasteiger charge is 2.32. The maximum Gasteiger partial charge on any atom is 0.191 e. The van der Waals surface area contributed by atoms with Crippen molar-refractivity contribution in [2.24, 2.45) is 10.9 Å². The van der Waals surface area contributed by atoms with Gasteiger partial charge in [-0.3, -0.25) is 4.99 Å². The summed E-state index contributed by atoms with van der Waals surface area (Å²) >= 11 is 0. The van der Waals surface area contributed by atoms with Gasteiger partial charge in [-0.2, -0.15) is 0 Å². The first kappa shape index (κ1) is 15.1. The van der Waals surface area contributed by atoms with Crippen molar-refractivity contribution in [2.45, 2.75) is 63.1 Å². The Kier molecular flexibility index (Phi) is 5.01. The molecule has 0 radical (unpaired) electrons. The van der Waals surface area contributed by atoms with E-state index in [0.717, 1.165) is 37.8 Å². The molecule has 3 aliphatic rings. The molecule has 3 N–H and O–H groups in total. The van der Waals surface area contributed by atoms with Gasteiger partial charge in [0.15, 0.2) is 5.96 Å². The minimum atomic E-state index is -0.127. The Morgan fingerprint density at radius 2 is 1.90 bits per heavy atom. The lowest BCUT2D eigenvalue weighted by Crippen LogP contribution is -2.50. The molecule has 1 saturated heterocycles. The highest BCUT2D eigenvalue weighted by atomic mass is 16.3. The third kappa shape index (κ3) is 4.10. The Morgan fingerprint density at radius 1 is 1.14 bits per heavy atom. The van der Waals surface area contributed by atoms with E-state index in [2.05, 4.69) is 20.5 Å². The molecule has 120 valence electrons. The summed E-state index contributed by atoms with van der Waals surface area (Å²) in [6.07, 6.45) is 8.35. The van der Waals surface area contributed by atoms with Crippen molar-refractivity contribution >= 4 is 5.96 Å². The molecule has 2 saturated carbocycles. The zero-order valence-electron chi connectivity index (χ0n) is 13.2. The summed E-state index contributed by atoms with van der Waals surface area (Å²) in [6.45, 7) is 3.28. The highest BCUT2D eigenvalue weighted by molar-refractivity contribution is 5.79. The zero-order valence-corrected chi connectivity index (χ0v) is 13.2. The van der Waals surface area contributed by atoms with Gasteiger partial charge in [0.25, 0.3) is 0 Å². The van der Waals surface area contributed by atoms with Crippen LogP contribution in [0.4, 0.5) is 0 Å². The van der Waals surface area contributed by atoms with Gasteiger partial charge in [0.05, 0.1) is 6.10 Å². The van der Waals surface area contributed by atoms with Crippen molar-refractivity contribution in [3.63, 3.8) is 0 Å². The molecule has 1 heterocycles. The number of aliphatic imine (C=N–C) groups is 1. The number of nitrogens with zero attached hydrogens (tertiary/aromatic N) is 2. The standard InChI is InChI=1S/C16H30N4O/c1-17-16(18-11-12-3-2-4-15(12)21)19-13-7-9-20(10-8-13)14-5-6-14/h12-15,21H,2-11H2,1H3,(H2,17,18,19). The second-order valence-corrected chi connectivity index (χ2v) is 6.90. The number of likely N-dealkylation sites (tertiary alicyclic amines) is 1. The van der Waals surface area contributed by atoms with Crippen molar-refractivity contribution < 1.29 is 5.11 Å². The summed E-state index contributed by atoms with van der Waals surface area (Å²) in [6, 6.07) is 1.44. The molecule has 2 unspecified atom stereocenters. The minimum Gasteiger partial charge on any atom is -0.393 e. The van der Waals surface area contributed by atoms with E-state index in [1.54, 1.807) is 0 Å². The zero-order chi connectivity index (χ0) is 14.7. The van der Waals surface area contributed by atoms with E-state index >= 15 is 0 Å².